The summed E-state index contributed by atoms with van der Waals surface area (Å²) in [6, 6.07) is 13.6. The van der Waals surface area contributed by atoms with Gasteiger partial charge in [0.1, 0.15) is 12.7 Å². The molecule has 1 aromatic heterocycles. The van der Waals surface area contributed by atoms with Crippen molar-refractivity contribution in [3.8, 4) is 5.69 Å². The maximum Gasteiger partial charge on any atom is 0.251 e. The van der Waals surface area contributed by atoms with Crippen molar-refractivity contribution in [3.63, 3.8) is 0 Å². The molecule has 0 unspecified atom stereocenters. The molecule has 4 rings (SSSR count). The number of rotatable bonds is 6. The predicted molar refractivity (Wildman–Crippen MR) is 109 cm³/mol. The Balaban J connectivity index is 1.36. The van der Waals surface area contributed by atoms with Gasteiger partial charge in [-0.15, -0.1) is 0 Å². The Hall–Kier alpha value is -3.08. The SMILES string of the molecule is O=C(NCc1ccc(S(=O)(=O)N2CCOCC2)cc1)c1ccc(-n2cncn2)cc1. The summed E-state index contributed by atoms with van der Waals surface area (Å²) < 4.78 is 33.6. The molecule has 9 nitrogen and oxygen atoms in total. The molecule has 156 valence electrons. The average molecular weight is 427 g/mol. The molecule has 0 bridgehead atoms. The highest BCUT2D eigenvalue weighted by atomic mass is 32.2. The zero-order chi connectivity index (χ0) is 21.0. The molecule has 1 aliphatic heterocycles. The highest BCUT2D eigenvalue weighted by Crippen LogP contribution is 2.18. The summed E-state index contributed by atoms with van der Waals surface area (Å²) >= 11 is 0. The summed E-state index contributed by atoms with van der Waals surface area (Å²) in [5, 5.41) is 6.88. The van der Waals surface area contributed by atoms with Crippen LogP contribution in [-0.4, -0.2) is 59.7 Å². The summed E-state index contributed by atoms with van der Waals surface area (Å²) in [6.07, 6.45) is 3.02. The molecule has 1 aliphatic rings. The van der Waals surface area contributed by atoms with Crippen LogP contribution in [0.4, 0.5) is 0 Å². The number of morpholine rings is 1. The van der Waals surface area contributed by atoms with E-state index in [4.69, 9.17) is 4.74 Å². The van der Waals surface area contributed by atoms with E-state index < -0.39 is 10.0 Å². The van der Waals surface area contributed by atoms with Crippen molar-refractivity contribution in [3.05, 3.63) is 72.3 Å². The molecule has 1 N–H and O–H groups in total. The normalized spacial score (nSPS) is 15.1. The van der Waals surface area contributed by atoms with Gasteiger partial charge in [-0.3, -0.25) is 4.79 Å². The zero-order valence-electron chi connectivity index (χ0n) is 16.1. The van der Waals surface area contributed by atoms with E-state index >= 15 is 0 Å². The molecule has 1 amide bonds. The van der Waals surface area contributed by atoms with Gasteiger partial charge in [-0.2, -0.15) is 9.40 Å². The first-order chi connectivity index (χ1) is 14.5. The molecule has 1 fully saturated rings. The Morgan fingerprint density at radius 1 is 1.03 bits per heavy atom. The van der Waals surface area contributed by atoms with Crippen LogP contribution in [-0.2, 0) is 21.3 Å². The molecular weight excluding hydrogens is 406 g/mol. The van der Waals surface area contributed by atoms with E-state index in [0.29, 0.717) is 38.4 Å². The van der Waals surface area contributed by atoms with E-state index in [2.05, 4.69) is 15.4 Å². The molecule has 0 atom stereocenters. The molecule has 10 heteroatoms. The van der Waals surface area contributed by atoms with Gasteiger partial charge >= 0.3 is 0 Å². The lowest BCUT2D eigenvalue weighted by atomic mass is 10.2. The lowest BCUT2D eigenvalue weighted by Crippen LogP contribution is -2.40. The molecule has 0 saturated carbocycles. The smallest absolute Gasteiger partial charge is 0.251 e. The van der Waals surface area contributed by atoms with E-state index in [1.54, 1.807) is 59.5 Å². The van der Waals surface area contributed by atoms with Crippen molar-refractivity contribution in [2.75, 3.05) is 26.3 Å². The van der Waals surface area contributed by atoms with Gasteiger partial charge in [-0.1, -0.05) is 12.1 Å². The molecule has 2 aromatic carbocycles. The van der Waals surface area contributed by atoms with Crippen molar-refractivity contribution in [1.29, 1.82) is 0 Å². The van der Waals surface area contributed by atoms with Gasteiger partial charge in [-0.25, -0.2) is 18.1 Å². The summed E-state index contributed by atoms with van der Waals surface area (Å²) in [5.74, 6) is -0.217. The molecule has 30 heavy (non-hydrogen) atoms. The van der Waals surface area contributed by atoms with E-state index in [9.17, 15) is 13.2 Å². The number of carbonyl (C=O) groups is 1. The zero-order valence-corrected chi connectivity index (χ0v) is 17.0. The predicted octanol–water partition coefficient (Wildman–Crippen LogP) is 1.22. The Bertz CT molecular complexity index is 1090. The van der Waals surface area contributed by atoms with Crippen LogP contribution in [0.3, 0.4) is 0 Å². The third-order valence-electron chi connectivity index (χ3n) is 4.80. The monoisotopic (exact) mass is 427 g/mol. The first-order valence-electron chi connectivity index (χ1n) is 9.44. The average Bonchev–Trinajstić information content (AvgIpc) is 3.33. The number of ether oxygens (including phenoxy) is 1. The molecule has 0 radical (unpaired) electrons. The first kappa shape index (κ1) is 20.2. The summed E-state index contributed by atoms with van der Waals surface area (Å²) in [7, 11) is -3.52. The number of hydrogen-bond acceptors (Lipinski definition) is 6. The number of sulfonamides is 1. The first-order valence-corrected chi connectivity index (χ1v) is 10.9. The Labute approximate surface area is 174 Å². The second kappa shape index (κ2) is 8.74. The van der Waals surface area contributed by atoms with Gasteiger partial charge < -0.3 is 10.1 Å². The fourth-order valence-corrected chi connectivity index (χ4v) is 4.51. The second-order valence-corrected chi connectivity index (χ2v) is 8.67. The minimum absolute atomic E-state index is 0.217. The Kier molecular flexibility index (Phi) is 5.88. The maximum absolute atomic E-state index is 12.7. The fraction of sp³-hybridized carbons (Fsp3) is 0.250. The van der Waals surface area contributed by atoms with Crippen LogP contribution in [0.25, 0.3) is 5.69 Å². The molecule has 2 heterocycles. The van der Waals surface area contributed by atoms with Gasteiger partial charge in [0.15, 0.2) is 0 Å². The number of nitrogens with zero attached hydrogens (tertiary/aromatic N) is 4. The van der Waals surface area contributed by atoms with Crippen LogP contribution in [0.5, 0.6) is 0 Å². The minimum atomic E-state index is -3.52. The van der Waals surface area contributed by atoms with Crippen LogP contribution in [0.2, 0.25) is 0 Å². The van der Waals surface area contributed by atoms with Crippen molar-refractivity contribution >= 4 is 15.9 Å². The summed E-state index contributed by atoms with van der Waals surface area (Å²) in [6.45, 7) is 1.82. The minimum Gasteiger partial charge on any atom is -0.379 e. The number of carbonyl (C=O) groups excluding carboxylic acids is 1. The molecule has 1 saturated heterocycles. The van der Waals surface area contributed by atoms with E-state index in [1.807, 2.05) is 0 Å². The van der Waals surface area contributed by atoms with Crippen molar-refractivity contribution in [2.45, 2.75) is 11.4 Å². The number of aromatic nitrogens is 3. The van der Waals surface area contributed by atoms with Crippen molar-refractivity contribution < 1.29 is 17.9 Å². The lowest BCUT2D eigenvalue weighted by molar-refractivity contribution is 0.0730. The van der Waals surface area contributed by atoms with E-state index in [-0.39, 0.29) is 10.8 Å². The highest BCUT2D eigenvalue weighted by Gasteiger charge is 2.26. The van der Waals surface area contributed by atoms with Crippen LogP contribution >= 0.6 is 0 Å². The van der Waals surface area contributed by atoms with Crippen molar-refractivity contribution in [2.24, 2.45) is 0 Å². The summed E-state index contributed by atoms with van der Waals surface area (Å²) in [4.78, 5) is 16.5. The molecule has 0 spiro atoms. The van der Waals surface area contributed by atoms with Crippen LogP contribution in [0.1, 0.15) is 15.9 Å². The quantitative estimate of drug-likeness (QED) is 0.634. The van der Waals surface area contributed by atoms with Crippen LogP contribution < -0.4 is 5.32 Å². The number of nitrogens with one attached hydrogen (secondary N) is 1. The van der Waals surface area contributed by atoms with E-state index in [0.717, 1.165) is 11.3 Å². The second-order valence-electron chi connectivity index (χ2n) is 6.73. The maximum atomic E-state index is 12.7. The standard InChI is InChI=1S/C20H21N5O4S/c26-20(17-3-5-18(6-4-17)25-15-21-14-23-25)22-13-16-1-7-19(8-2-16)30(27,28)24-9-11-29-12-10-24/h1-8,14-15H,9-13H2,(H,22,26). The number of hydrogen-bond donors (Lipinski definition) is 1. The Morgan fingerprint density at radius 2 is 1.73 bits per heavy atom. The molecule has 3 aromatic rings. The number of benzene rings is 2. The van der Waals surface area contributed by atoms with Gasteiger partial charge in [0.05, 0.1) is 23.8 Å². The van der Waals surface area contributed by atoms with Gasteiger partial charge in [-0.05, 0) is 42.0 Å². The third-order valence-corrected chi connectivity index (χ3v) is 6.71. The third kappa shape index (κ3) is 4.40. The highest BCUT2D eigenvalue weighted by molar-refractivity contribution is 7.89. The van der Waals surface area contributed by atoms with E-state index in [1.165, 1.54) is 10.6 Å². The lowest BCUT2D eigenvalue weighted by Gasteiger charge is -2.26. The fourth-order valence-electron chi connectivity index (χ4n) is 3.11. The molecule has 0 aliphatic carbocycles. The van der Waals surface area contributed by atoms with Crippen LogP contribution in [0.15, 0.2) is 66.1 Å². The van der Waals surface area contributed by atoms with Crippen molar-refractivity contribution in [1.82, 2.24) is 24.4 Å². The summed E-state index contributed by atoms with van der Waals surface area (Å²) in [5.41, 5.74) is 2.13. The number of amides is 1. The van der Waals surface area contributed by atoms with Gasteiger partial charge in [0, 0.05) is 25.2 Å². The van der Waals surface area contributed by atoms with Gasteiger partial charge in [0.25, 0.3) is 5.91 Å². The van der Waals surface area contributed by atoms with Crippen LogP contribution in [0, 0.1) is 0 Å². The van der Waals surface area contributed by atoms with Gasteiger partial charge in [0.2, 0.25) is 10.0 Å². The molecular formula is C20H21N5O4S. The topological polar surface area (TPSA) is 106 Å². The Morgan fingerprint density at radius 3 is 2.37 bits per heavy atom. The largest absolute Gasteiger partial charge is 0.379 e.